The first-order valence-electron chi connectivity index (χ1n) is 22.1. The molecule has 8 aromatic carbocycles. The van der Waals surface area contributed by atoms with Crippen LogP contribution in [0.3, 0.4) is 0 Å². The summed E-state index contributed by atoms with van der Waals surface area (Å²) in [5.41, 5.74) is 16.2. The predicted octanol–water partition coefficient (Wildman–Crippen LogP) is 15.5. The lowest BCUT2D eigenvalue weighted by atomic mass is 9.65. The van der Waals surface area contributed by atoms with Gasteiger partial charge in [-0.1, -0.05) is 170 Å². The van der Waals surface area contributed by atoms with E-state index in [0.717, 1.165) is 67.7 Å². The fraction of sp³-hybridized carbons (Fsp3) is 0.0820. The molecule has 0 radical (unpaired) electrons. The lowest BCUT2D eigenvalue weighted by Gasteiger charge is -2.40. The van der Waals surface area contributed by atoms with Crippen LogP contribution in [0.1, 0.15) is 59.7 Å². The first kappa shape index (κ1) is 37.8. The molecular weight excluding hydrogens is 779 g/mol. The van der Waals surface area contributed by atoms with E-state index in [1.54, 1.807) is 0 Å². The van der Waals surface area contributed by atoms with Gasteiger partial charge in [0.05, 0.1) is 16.5 Å². The van der Waals surface area contributed by atoms with Crippen molar-refractivity contribution < 1.29 is 9.47 Å². The maximum absolute atomic E-state index is 6.68. The van der Waals surface area contributed by atoms with Gasteiger partial charge in [0.25, 0.3) is 0 Å². The minimum Gasteiger partial charge on any atom is -0.461 e. The third kappa shape index (κ3) is 5.10. The summed E-state index contributed by atoms with van der Waals surface area (Å²) in [5.74, 6) is 3.56. The first-order valence-corrected chi connectivity index (χ1v) is 22.1. The maximum Gasteiger partial charge on any atom is 0.132 e. The summed E-state index contributed by atoms with van der Waals surface area (Å²) in [7, 11) is 0. The van der Waals surface area contributed by atoms with Gasteiger partial charge in [0.2, 0.25) is 0 Å². The summed E-state index contributed by atoms with van der Waals surface area (Å²) in [4.78, 5) is 2.35. The lowest BCUT2D eigenvalue weighted by molar-refractivity contribution is 0.386. The molecule has 64 heavy (non-hydrogen) atoms. The van der Waals surface area contributed by atoms with Gasteiger partial charge in [0.15, 0.2) is 0 Å². The molecule has 0 amide bonds. The third-order valence-corrected chi connectivity index (χ3v) is 14.1. The molecule has 0 N–H and O–H groups in total. The van der Waals surface area contributed by atoms with Gasteiger partial charge in [-0.15, -0.1) is 0 Å². The number of anilines is 2. The van der Waals surface area contributed by atoms with Crippen molar-refractivity contribution in [1.82, 2.24) is 0 Å². The van der Waals surface area contributed by atoms with Gasteiger partial charge in [0, 0.05) is 39.0 Å². The zero-order chi connectivity index (χ0) is 43.2. The molecule has 0 aromatic heterocycles. The monoisotopic (exact) mass is 823 g/mol. The number of hydrogen-bond donors (Lipinski definition) is 0. The Bertz CT molecular complexity index is 3360. The van der Waals surface area contributed by atoms with Gasteiger partial charge in [-0.25, -0.2) is 0 Å². The Morgan fingerprint density at radius 3 is 1.77 bits per heavy atom. The summed E-state index contributed by atoms with van der Waals surface area (Å²) in [6, 6.07) is 65.6. The standard InChI is InChI=1S/C61H45NO2/c1-5-19-49-41(4)63-57-31-15-12-27-52(57)60(49)40(3)44(46-23-8-10-25-50(46)60)36-34-39(2)62(56-30-18-21-42-20-6-7-22-45(42)56)43-35-37-48-47-24-9-11-26-51(47)61(55(48)38-43)53-28-13-16-32-58(53)64-59-33-17-14-29-54(59)61/h5-38H,2H2,1,3-4H3/b19-5-,36-34-. The fourth-order valence-corrected chi connectivity index (χ4v) is 11.6. The Balaban J connectivity index is 1.07. The summed E-state index contributed by atoms with van der Waals surface area (Å²) >= 11 is 0. The number of nitrogens with zero attached hydrogens (tertiary/aromatic N) is 1. The molecule has 2 heterocycles. The van der Waals surface area contributed by atoms with Gasteiger partial charge in [-0.2, -0.15) is 0 Å². The highest BCUT2D eigenvalue weighted by molar-refractivity contribution is 5.99. The minimum absolute atomic E-state index is 0.516. The molecule has 2 aliphatic carbocycles. The quantitative estimate of drug-likeness (QED) is 0.156. The highest BCUT2D eigenvalue weighted by Crippen LogP contribution is 2.63. The highest BCUT2D eigenvalue weighted by Gasteiger charge is 2.52. The molecule has 306 valence electrons. The Morgan fingerprint density at radius 1 is 0.516 bits per heavy atom. The molecule has 4 aliphatic rings. The summed E-state index contributed by atoms with van der Waals surface area (Å²) in [6.07, 6.45) is 8.86. The number of ether oxygens (including phenoxy) is 2. The average Bonchev–Trinajstić information content (AvgIpc) is 3.75. The molecule has 1 unspecified atom stereocenters. The van der Waals surface area contributed by atoms with Gasteiger partial charge in [-0.05, 0) is 113 Å². The number of benzene rings is 8. The molecule has 8 aromatic rings. The van der Waals surface area contributed by atoms with Crippen molar-refractivity contribution in [1.29, 1.82) is 0 Å². The molecule has 0 fully saturated rings. The van der Waals surface area contributed by atoms with Gasteiger partial charge in [-0.3, -0.25) is 0 Å². The van der Waals surface area contributed by atoms with Gasteiger partial charge >= 0.3 is 0 Å². The van der Waals surface area contributed by atoms with E-state index >= 15 is 0 Å². The summed E-state index contributed by atoms with van der Waals surface area (Å²) in [5, 5.41) is 2.32. The third-order valence-electron chi connectivity index (χ3n) is 14.1. The van der Waals surface area contributed by atoms with Crippen molar-refractivity contribution >= 4 is 27.7 Å². The molecule has 2 aliphatic heterocycles. The van der Waals surface area contributed by atoms with Crippen LogP contribution in [0.2, 0.25) is 0 Å². The molecule has 1 atom stereocenters. The van der Waals surface area contributed by atoms with Crippen molar-refractivity contribution in [2.24, 2.45) is 0 Å². The van der Waals surface area contributed by atoms with Crippen LogP contribution in [0.5, 0.6) is 17.2 Å². The van der Waals surface area contributed by atoms with Crippen molar-refractivity contribution in [3.8, 4) is 28.4 Å². The number of allylic oxidation sites excluding steroid dienone is 8. The van der Waals surface area contributed by atoms with Crippen LogP contribution >= 0.6 is 0 Å². The molecule has 12 rings (SSSR count). The van der Waals surface area contributed by atoms with E-state index in [0.29, 0.717) is 0 Å². The first-order chi connectivity index (χ1) is 31.5. The second-order valence-electron chi connectivity index (χ2n) is 17.2. The number of rotatable bonds is 6. The normalized spacial score (nSPS) is 17.2. The largest absolute Gasteiger partial charge is 0.461 e. The van der Waals surface area contributed by atoms with Crippen LogP contribution in [0.4, 0.5) is 11.4 Å². The van der Waals surface area contributed by atoms with E-state index in [9.17, 15) is 0 Å². The number of para-hydroxylation sites is 3. The van der Waals surface area contributed by atoms with Crippen LogP contribution in [0.15, 0.2) is 235 Å². The molecule has 3 nitrogen and oxygen atoms in total. The summed E-state index contributed by atoms with van der Waals surface area (Å²) < 4.78 is 13.2. The Labute approximate surface area is 374 Å². The maximum atomic E-state index is 6.68. The van der Waals surface area contributed by atoms with Crippen molar-refractivity contribution in [2.75, 3.05) is 4.90 Å². The van der Waals surface area contributed by atoms with Crippen LogP contribution < -0.4 is 14.4 Å². The van der Waals surface area contributed by atoms with E-state index in [1.165, 1.54) is 49.9 Å². The van der Waals surface area contributed by atoms with Crippen molar-refractivity contribution in [3.05, 3.63) is 274 Å². The van der Waals surface area contributed by atoms with Crippen LogP contribution in [-0.4, -0.2) is 0 Å². The van der Waals surface area contributed by atoms with E-state index in [-0.39, 0.29) is 0 Å². The Hall–Kier alpha value is -7.88. The predicted molar refractivity (Wildman–Crippen MR) is 263 cm³/mol. The van der Waals surface area contributed by atoms with E-state index in [2.05, 4.69) is 232 Å². The van der Waals surface area contributed by atoms with Crippen LogP contribution in [0, 0.1) is 0 Å². The van der Waals surface area contributed by atoms with Crippen molar-refractivity contribution in [2.45, 2.75) is 31.6 Å². The average molecular weight is 824 g/mol. The second kappa shape index (κ2) is 14.3. The smallest absolute Gasteiger partial charge is 0.132 e. The van der Waals surface area contributed by atoms with Gasteiger partial charge < -0.3 is 14.4 Å². The zero-order valence-electron chi connectivity index (χ0n) is 36.1. The second-order valence-corrected chi connectivity index (χ2v) is 17.2. The van der Waals surface area contributed by atoms with E-state index in [4.69, 9.17) is 16.1 Å². The minimum atomic E-state index is -0.602. The number of fused-ring (bicyclic) bond motifs is 14. The molecule has 2 spiro atoms. The Kier molecular flexibility index (Phi) is 8.48. The SMILES string of the molecule is C=C(/C=C\C1=C(C)C2(C(/C=C\C)=C(C)Oc3ccccc32)c2ccccc21)N(c1ccc2c(c1)C1(c3ccccc3Oc3ccccc31)c1ccccc1-2)c1cccc2ccccc12. The molecule has 0 saturated heterocycles. The molecule has 3 heteroatoms. The van der Waals surface area contributed by atoms with E-state index < -0.39 is 10.8 Å². The topological polar surface area (TPSA) is 21.7 Å². The molecule has 0 saturated carbocycles. The lowest BCUT2D eigenvalue weighted by Crippen LogP contribution is -2.34. The zero-order valence-corrected chi connectivity index (χ0v) is 36.1. The molecular formula is C61H45NO2. The summed E-state index contributed by atoms with van der Waals surface area (Å²) in [6.45, 7) is 11.4. The van der Waals surface area contributed by atoms with Gasteiger partial charge in [0.1, 0.15) is 23.0 Å². The van der Waals surface area contributed by atoms with Crippen molar-refractivity contribution in [3.63, 3.8) is 0 Å². The number of hydrogen-bond acceptors (Lipinski definition) is 3. The van der Waals surface area contributed by atoms with Crippen LogP contribution in [0.25, 0.3) is 27.5 Å². The van der Waals surface area contributed by atoms with E-state index in [1.807, 2.05) is 0 Å². The fourth-order valence-electron chi connectivity index (χ4n) is 11.6. The molecule has 0 bridgehead atoms. The highest BCUT2D eigenvalue weighted by atomic mass is 16.5. The Morgan fingerprint density at radius 2 is 1.06 bits per heavy atom. The van der Waals surface area contributed by atoms with Crippen LogP contribution in [-0.2, 0) is 10.8 Å².